The van der Waals surface area contributed by atoms with Gasteiger partial charge in [0.25, 0.3) is 0 Å². The van der Waals surface area contributed by atoms with Crippen LogP contribution in [0.25, 0.3) is 0 Å². The molecule has 0 aromatic heterocycles. The van der Waals surface area contributed by atoms with Crippen molar-refractivity contribution in [3.8, 4) is 0 Å². The number of hydrogen-bond donors (Lipinski definition) is 0. The molecule has 0 fully saturated rings. The molecule has 0 nitrogen and oxygen atoms in total. The molecule has 2 heteroatoms. The Balaban J connectivity index is 0. The van der Waals surface area contributed by atoms with Gasteiger partial charge in [-0.05, 0) is 18.5 Å². The van der Waals surface area contributed by atoms with E-state index in [1.54, 1.807) is 0 Å². The van der Waals surface area contributed by atoms with Crippen LogP contribution in [0.4, 0.5) is 0 Å². The fourth-order valence-electron chi connectivity index (χ4n) is 1.01. The van der Waals surface area contributed by atoms with Crippen LogP contribution in [-0.2, 0) is 22.4 Å². The second kappa shape index (κ2) is 12.7. The van der Waals surface area contributed by atoms with Gasteiger partial charge in [-0.25, -0.2) is 12.2 Å². The summed E-state index contributed by atoms with van der Waals surface area (Å²) in [5.41, 5.74) is 0. The van der Waals surface area contributed by atoms with Crippen molar-refractivity contribution in [1.82, 2.24) is 0 Å². The number of allylic oxidation sites excluding steroid dienone is 4. The normalized spacial score (nSPS) is 12.3. The number of hydrogen-bond acceptors (Lipinski definition) is 0. The molecule has 1 aliphatic rings. The van der Waals surface area contributed by atoms with E-state index in [1.165, 1.54) is 18.5 Å². The summed E-state index contributed by atoms with van der Waals surface area (Å²) < 4.78 is 0. The smallest absolute Gasteiger partial charge is 0.273 e. The Morgan fingerprint density at radius 2 is 1.69 bits per heavy atom. The van der Waals surface area contributed by atoms with E-state index in [0.29, 0.717) is 7.92 Å². The van der Waals surface area contributed by atoms with Crippen molar-refractivity contribution in [2.45, 2.75) is 27.2 Å². The largest absolute Gasteiger partial charge is 1.00 e. The molecule has 0 heterocycles. The Labute approximate surface area is 100 Å². The van der Waals surface area contributed by atoms with Gasteiger partial charge in [0.15, 0.2) is 0 Å². The van der Waals surface area contributed by atoms with Crippen LogP contribution < -0.4 is 0 Å². The van der Waals surface area contributed by atoms with E-state index < -0.39 is 0 Å². The predicted molar refractivity (Wildman–Crippen MR) is 60.1 cm³/mol. The van der Waals surface area contributed by atoms with Crippen molar-refractivity contribution < 1.29 is 22.4 Å². The van der Waals surface area contributed by atoms with E-state index in [2.05, 4.69) is 32.9 Å². The van der Waals surface area contributed by atoms with Gasteiger partial charge in [-0.15, -0.1) is 14.3 Å². The Morgan fingerprint density at radius 3 is 1.77 bits per heavy atom. The van der Waals surface area contributed by atoms with Crippen LogP contribution in [0, 0.1) is 6.08 Å². The summed E-state index contributed by atoms with van der Waals surface area (Å²) in [6.45, 7) is 6.87. The Bertz CT molecular complexity index is 122. The zero-order valence-corrected chi connectivity index (χ0v) is 11.9. The van der Waals surface area contributed by atoms with Gasteiger partial charge in [-0.1, -0.05) is 20.8 Å². The van der Waals surface area contributed by atoms with Crippen molar-refractivity contribution in [2.75, 3.05) is 18.5 Å². The first-order valence-electron chi connectivity index (χ1n) is 4.79. The molecule has 0 atom stereocenters. The molecular formula is C11H20AuP. The quantitative estimate of drug-likeness (QED) is 0.397. The summed E-state index contributed by atoms with van der Waals surface area (Å²) in [5, 5.41) is 0. The maximum atomic E-state index is 2.99. The molecule has 0 N–H and O–H groups in total. The Morgan fingerprint density at radius 1 is 1.15 bits per heavy atom. The van der Waals surface area contributed by atoms with Crippen LogP contribution in [0.2, 0.25) is 0 Å². The Hall–Kier alpha value is 0.650. The predicted octanol–water partition coefficient (Wildman–Crippen LogP) is 3.83. The topological polar surface area (TPSA) is 0 Å². The third kappa shape index (κ3) is 10.6. The first-order chi connectivity index (χ1) is 5.85. The summed E-state index contributed by atoms with van der Waals surface area (Å²) in [6.07, 6.45) is 14.3. The van der Waals surface area contributed by atoms with Gasteiger partial charge in [-0.2, -0.15) is 6.08 Å². The van der Waals surface area contributed by atoms with Gasteiger partial charge in [0.1, 0.15) is 0 Å². The van der Waals surface area contributed by atoms with Gasteiger partial charge >= 0.3 is 22.4 Å². The number of rotatable bonds is 3. The second-order valence-electron chi connectivity index (χ2n) is 2.62. The second-order valence-corrected chi connectivity index (χ2v) is 5.86. The van der Waals surface area contributed by atoms with Crippen LogP contribution in [0.1, 0.15) is 27.2 Å². The monoisotopic (exact) mass is 380 g/mol. The molecule has 0 aromatic rings. The third-order valence-corrected chi connectivity index (χ3v) is 4.61. The average molecular weight is 380 g/mol. The molecule has 1 rings (SSSR count). The molecule has 0 aliphatic heterocycles. The van der Waals surface area contributed by atoms with E-state index in [0.717, 1.165) is 6.42 Å². The van der Waals surface area contributed by atoms with Crippen LogP contribution in [0.3, 0.4) is 0 Å². The fourth-order valence-corrected chi connectivity index (χ4v) is 2.35. The summed E-state index contributed by atoms with van der Waals surface area (Å²) in [5.74, 6) is 0. The third-order valence-electron chi connectivity index (χ3n) is 1.93. The fraction of sp³-hybridized carbons (Fsp3) is 0.636. The summed E-state index contributed by atoms with van der Waals surface area (Å²) >= 11 is 0. The molecule has 0 aromatic carbocycles. The zero-order chi connectivity index (χ0) is 9.23. The minimum absolute atomic E-state index is 0. The minimum Gasteiger partial charge on any atom is -0.273 e. The van der Waals surface area contributed by atoms with Crippen molar-refractivity contribution in [1.29, 1.82) is 0 Å². The standard InChI is InChI=1S/C6H15P.C5H5.Au/c1-4-7(5-2)6-3;1-2-4-5-3-1;/h4-6H2,1-3H3;1-3H,4H2;/q;-1;+1. The van der Waals surface area contributed by atoms with Crippen molar-refractivity contribution >= 4 is 7.92 Å². The van der Waals surface area contributed by atoms with Crippen LogP contribution >= 0.6 is 7.92 Å². The molecule has 0 amide bonds. The first-order valence-corrected chi connectivity index (χ1v) is 6.68. The van der Waals surface area contributed by atoms with Gasteiger partial charge < -0.3 is 0 Å². The van der Waals surface area contributed by atoms with Crippen molar-refractivity contribution in [2.24, 2.45) is 0 Å². The van der Waals surface area contributed by atoms with E-state index in [4.69, 9.17) is 0 Å². The van der Waals surface area contributed by atoms with E-state index >= 15 is 0 Å². The zero-order valence-electron chi connectivity index (χ0n) is 8.81. The molecule has 1 aliphatic carbocycles. The van der Waals surface area contributed by atoms with Crippen LogP contribution in [-0.4, -0.2) is 18.5 Å². The van der Waals surface area contributed by atoms with E-state index in [-0.39, 0.29) is 22.4 Å². The molecular weight excluding hydrogens is 360 g/mol. The summed E-state index contributed by atoms with van der Waals surface area (Å²) in [6, 6.07) is 0. The molecule has 0 saturated heterocycles. The molecule has 0 unspecified atom stereocenters. The van der Waals surface area contributed by atoms with Crippen LogP contribution in [0.5, 0.6) is 0 Å². The Kier molecular flexibility index (Phi) is 15.7. The summed E-state index contributed by atoms with van der Waals surface area (Å²) in [7, 11) is 0.446. The van der Waals surface area contributed by atoms with Gasteiger partial charge in [0, 0.05) is 0 Å². The van der Waals surface area contributed by atoms with Crippen molar-refractivity contribution in [3.05, 3.63) is 24.3 Å². The van der Waals surface area contributed by atoms with Crippen molar-refractivity contribution in [3.63, 3.8) is 0 Å². The molecule has 13 heavy (non-hydrogen) atoms. The summed E-state index contributed by atoms with van der Waals surface area (Å²) in [4.78, 5) is 0. The van der Waals surface area contributed by atoms with E-state index in [1.807, 2.05) is 12.2 Å². The van der Waals surface area contributed by atoms with Gasteiger partial charge in [0.2, 0.25) is 0 Å². The van der Waals surface area contributed by atoms with Gasteiger partial charge in [-0.3, -0.25) is 6.08 Å². The molecule has 0 radical (unpaired) electrons. The minimum atomic E-state index is 0. The van der Waals surface area contributed by atoms with Gasteiger partial charge in [0.05, 0.1) is 0 Å². The molecule has 80 valence electrons. The SMILES string of the molecule is CCP(CC)CC.[Au+].[C-]1=CC=CC1. The average Bonchev–Trinajstić information content (AvgIpc) is 2.64. The first kappa shape index (κ1) is 16.1. The van der Waals surface area contributed by atoms with E-state index in [9.17, 15) is 0 Å². The molecule has 0 saturated carbocycles. The molecule has 0 spiro atoms. The maximum absolute atomic E-state index is 2.99. The van der Waals surface area contributed by atoms with Crippen LogP contribution in [0.15, 0.2) is 18.2 Å². The molecule has 0 bridgehead atoms. The maximum Gasteiger partial charge on any atom is 1.00 e.